The molecule has 0 saturated heterocycles. The molecule has 1 heterocycles. The van der Waals surface area contributed by atoms with Crippen LogP contribution in [0.1, 0.15) is 42.2 Å². The molecule has 3 rings (SSSR count). The van der Waals surface area contributed by atoms with Gasteiger partial charge in [0.25, 0.3) is 0 Å². The Labute approximate surface area is 103 Å². The Morgan fingerprint density at radius 3 is 2.94 bits per heavy atom. The van der Waals surface area contributed by atoms with Crippen LogP contribution in [0.3, 0.4) is 0 Å². The van der Waals surface area contributed by atoms with E-state index in [0.717, 1.165) is 15.8 Å². The van der Waals surface area contributed by atoms with Crippen molar-refractivity contribution in [3.05, 3.63) is 28.8 Å². The van der Waals surface area contributed by atoms with Crippen molar-refractivity contribution in [1.82, 2.24) is 4.98 Å². The van der Waals surface area contributed by atoms with Crippen LogP contribution in [0, 0.1) is 0 Å². The second kappa shape index (κ2) is 3.81. The number of carboxylic acid groups (broad SMARTS) is 1. The molecule has 3 nitrogen and oxygen atoms in total. The van der Waals surface area contributed by atoms with Crippen LogP contribution < -0.4 is 0 Å². The molecule has 0 aliphatic heterocycles. The summed E-state index contributed by atoms with van der Waals surface area (Å²) >= 11 is 1.74. The fraction of sp³-hybridized carbons (Fsp3) is 0.385. The van der Waals surface area contributed by atoms with E-state index < -0.39 is 11.9 Å². The van der Waals surface area contributed by atoms with Crippen LogP contribution in [-0.2, 0) is 4.79 Å². The molecule has 1 aromatic heterocycles. The van der Waals surface area contributed by atoms with Crippen LogP contribution in [0.15, 0.2) is 18.2 Å². The number of thiazole rings is 1. The minimum atomic E-state index is -0.790. The zero-order valence-electron chi connectivity index (χ0n) is 9.51. The van der Waals surface area contributed by atoms with Gasteiger partial charge in [-0.1, -0.05) is 6.07 Å². The molecule has 17 heavy (non-hydrogen) atoms. The van der Waals surface area contributed by atoms with Gasteiger partial charge in [-0.25, -0.2) is 4.98 Å². The van der Waals surface area contributed by atoms with Gasteiger partial charge in [0.05, 0.1) is 21.1 Å². The van der Waals surface area contributed by atoms with Gasteiger partial charge in [0.1, 0.15) is 0 Å². The van der Waals surface area contributed by atoms with Crippen LogP contribution in [0.2, 0.25) is 0 Å². The second-order valence-electron chi connectivity index (χ2n) is 4.61. The molecule has 1 fully saturated rings. The smallest absolute Gasteiger partial charge is 0.310 e. The van der Waals surface area contributed by atoms with Gasteiger partial charge in [-0.15, -0.1) is 11.3 Å². The van der Waals surface area contributed by atoms with E-state index in [1.54, 1.807) is 18.3 Å². The molecule has 1 saturated carbocycles. The van der Waals surface area contributed by atoms with Crippen LogP contribution in [0.4, 0.5) is 0 Å². The molecule has 1 aliphatic carbocycles. The molecule has 0 amide bonds. The van der Waals surface area contributed by atoms with Crippen molar-refractivity contribution in [2.75, 3.05) is 0 Å². The number of nitrogens with zero attached hydrogens (tertiary/aromatic N) is 1. The van der Waals surface area contributed by atoms with E-state index in [1.165, 1.54) is 17.8 Å². The molecule has 1 unspecified atom stereocenters. The normalized spacial score (nSPS) is 17.2. The van der Waals surface area contributed by atoms with Crippen molar-refractivity contribution in [3.63, 3.8) is 0 Å². The standard InChI is InChI=1S/C13H13NO2S/c1-7(13(15)16)9-4-5-11-10(6-9)14-12(17-11)8-2-3-8/h4-8H,2-3H2,1H3,(H,15,16). The molecule has 2 aromatic rings. The highest BCUT2D eigenvalue weighted by atomic mass is 32.1. The first-order valence-corrected chi connectivity index (χ1v) is 6.60. The minimum Gasteiger partial charge on any atom is -0.481 e. The highest BCUT2D eigenvalue weighted by Gasteiger charge is 2.27. The highest BCUT2D eigenvalue weighted by molar-refractivity contribution is 7.18. The van der Waals surface area contributed by atoms with Crippen molar-refractivity contribution in [2.45, 2.75) is 31.6 Å². The first-order valence-electron chi connectivity index (χ1n) is 5.78. The van der Waals surface area contributed by atoms with Gasteiger partial charge < -0.3 is 5.11 Å². The van der Waals surface area contributed by atoms with Crippen LogP contribution >= 0.6 is 11.3 Å². The third-order valence-corrected chi connectivity index (χ3v) is 4.42. The molecule has 0 bridgehead atoms. The highest BCUT2D eigenvalue weighted by Crippen LogP contribution is 2.43. The predicted octanol–water partition coefficient (Wildman–Crippen LogP) is 3.36. The van der Waals surface area contributed by atoms with E-state index in [1.807, 2.05) is 18.2 Å². The Morgan fingerprint density at radius 2 is 2.29 bits per heavy atom. The van der Waals surface area contributed by atoms with Crippen LogP contribution in [0.25, 0.3) is 10.2 Å². The first kappa shape index (κ1) is 10.7. The summed E-state index contributed by atoms with van der Waals surface area (Å²) in [5.41, 5.74) is 1.78. The zero-order chi connectivity index (χ0) is 12.0. The third kappa shape index (κ3) is 1.93. The van der Waals surface area contributed by atoms with E-state index in [9.17, 15) is 4.79 Å². The van der Waals surface area contributed by atoms with Crippen molar-refractivity contribution >= 4 is 27.5 Å². The Hall–Kier alpha value is -1.42. The summed E-state index contributed by atoms with van der Waals surface area (Å²) < 4.78 is 1.16. The Bertz CT molecular complexity index is 586. The number of hydrogen-bond donors (Lipinski definition) is 1. The maximum atomic E-state index is 10.9. The summed E-state index contributed by atoms with van der Waals surface area (Å²) in [4.78, 5) is 15.5. The fourth-order valence-electron chi connectivity index (χ4n) is 1.88. The minimum absolute atomic E-state index is 0.467. The Morgan fingerprint density at radius 1 is 1.53 bits per heavy atom. The molecular formula is C13H13NO2S. The molecule has 0 radical (unpaired) electrons. The largest absolute Gasteiger partial charge is 0.481 e. The second-order valence-corrected chi connectivity index (χ2v) is 5.68. The number of benzene rings is 1. The van der Waals surface area contributed by atoms with Gasteiger partial charge in [-0.05, 0) is 37.5 Å². The lowest BCUT2D eigenvalue weighted by Gasteiger charge is -2.05. The van der Waals surface area contributed by atoms with Gasteiger partial charge in [0.15, 0.2) is 0 Å². The van der Waals surface area contributed by atoms with E-state index >= 15 is 0 Å². The summed E-state index contributed by atoms with van der Waals surface area (Å²) in [6.45, 7) is 1.71. The summed E-state index contributed by atoms with van der Waals surface area (Å²) in [7, 11) is 0. The zero-order valence-corrected chi connectivity index (χ0v) is 10.3. The monoisotopic (exact) mass is 247 g/mol. The number of hydrogen-bond acceptors (Lipinski definition) is 3. The lowest BCUT2D eigenvalue weighted by atomic mass is 10.0. The van der Waals surface area contributed by atoms with Gasteiger partial charge in [-0.2, -0.15) is 0 Å². The average Bonchev–Trinajstić information content (AvgIpc) is 3.07. The Balaban J connectivity index is 2.02. The molecule has 4 heteroatoms. The quantitative estimate of drug-likeness (QED) is 0.904. The SMILES string of the molecule is CC(C(=O)O)c1ccc2sc(C3CC3)nc2c1. The van der Waals surface area contributed by atoms with E-state index in [4.69, 9.17) is 5.11 Å². The summed E-state index contributed by atoms with van der Waals surface area (Å²) in [5.74, 6) is -0.597. The van der Waals surface area contributed by atoms with Crippen LogP contribution in [0.5, 0.6) is 0 Å². The van der Waals surface area contributed by atoms with Crippen molar-refractivity contribution in [3.8, 4) is 0 Å². The number of carbonyl (C=O) groups is 1. The maximum Gasteiger partial charge on any atom is 0.310 e. The third-order valence-electron chi connectivity index (χ3n) is 3.23. The van der Waals surface area contributed by atoms with Gasteiger partial charge in [0, 0.05) is 5.92 Å². The molecule has 1 N–H and O–H groups in total. The molecule has 1 aliphatic rings. The van der Waals surface area contributed by atoms with E-state index in [0.29, 0.717) is 5.92 Å². The molecule has 0 spiro atoms. The summed E-state index contributed by atoms with van der Waals surface area (Å²) in [5, 5.41) is 10.2. The number of fused-ring (bicyclic) bond motifs is 1. The summed E-state index contributed by atoms with van der Waals surface area (Å²) in [6.07, 6.45) is 2.50. The van der Waals surface area contributed by atoms with E-state index in [-0.39, 0.29) is 0 Å². The first-order chi connectivity index (χ1) is 8.15. The fourth-order valence-corrected chi connectivity index (χ4v) is 3.00. The number of rotatable bonds is 3. The molecule has 88 valence electrons. The van der Waals surface area contributed by atoms with Crippen LogP contribution in [-0.4, -0.2) is 16.1 Å². The lowest BCUT2D eigenvalue weighted by molar-refractivity contribution is -0.138. The van der Waals surface area contributed by atoms with Gasteiger partial charge >= 0.3 is 5.97 Å². The van der Waals surface area contributed by atoms with Gasteiger partial charge in [-0.3, -0.25) is 4.79 Å². The maximum absolute atomic E-state index is 10.9. The van der Waals surface area contributed by atoms with E-state index in [2.05, 4.69) is 4.98 Å². The molecular weight excluding hydrogens is 234 g/mol. The Kier molecular flexibility index (Phi) is 2.40. The number of aromatic nitrogens is 1. The van der Waals surface area contributed by atoms with Crippen molar-refractivity contribution < 1.29 is 9.90 Å². The number of aliphatic carboxylic acids is 1. The molecule has 1 aromatic carbocycles. The number of carboxylic acids is 1. The predicted molar refractivity (Wildman–Crippen MR) is 67.6 cm³/mol. The van der Waals surface area contributed by atoms with Crippen molar-refractivity contribution in [1.29, 1.82) is 0 Å². The lowest BCUT2D eigenvalue weighted by Crippen LogP contribution is -2.06. The van der Waals surface area contributed by atoms with Gasteiger partial charge in [0.2, 0.25) is 0 Å². The topological polar surface area (TPSA) is 50.2 Å². The van der Waals surface area contributed by atoms with Crippen molar-refractivity contribution in [2.24, 2.45) is 0 Å². The summed E-state index contributed by atoms with van der Waals surface area (Å²) in [6, 6.07) is 5.81. The molecule has 1 atom stereocenters. The average molecular weight is 247 g/mol.